The van der Waals surface area contributed by atoms with Gasteiger partial charge in [-0.15, -0.1) is 0 Å². The van der Waals surface area contributed by atoms with Gasteiger partial charge in [0.15, 0.2) is 0 Å². The minimum Gasteiger partial charge on any atom is -0.349 e. The highest BCUT2D eigenvalue weighted by atomic mass is 19.1. The summed E-state index contributed by atoms with van der Waals surface area (Å²) in [6.45, 7) is 7.84. The predicted octanol–water partition coefficient (Wildman–Crippen LogP) is 4.06. The summed E-state index contributed by atoms with van der Waals surface area (Å²) in [7, 11) is 0. The van der Waals surface area contributed by atoms with Crippen molar-refractivity contribution in [1.29, 1.82) is 0 Å². The first kappa shape index (κ1) is 24.9. The molecule has 2 amide bonds. The number of hydrogen-bond donors (Lipinski definition) is 1. The van der Waals surface area contributed by atoms with Gasteiger partial charge < -0.3 is 14.8 Å². The summed E-state index contributed by atoms with van der Waals surface area (Å²) < 4.78 is 16.3. The van der Waals surface area contributed by atoms with E-state index in [0.29, 0.717) is 31.1 Å². The highest BCUT2D eigenvalue weighted by Gasteiger charge is 2.42. The van der Waals surface area contributed by atoms with Gasteiger partial charge in [-0.25, -0.2) is 9.37 Å². The molecule has 8 heteroatoms. The van der Waals surface area contributed by atoms with Crippen LogP contribution in [0.15, 0.2) is 24.3 Å². The van der Waals surface area contributed by atoms with Gasteiger partial charge in [-0.3, -0.25) is 14.5 Å². The largest absolute Gasteiger partial charge is 0.349 e. The van der Waals surface area contributed by atoms with E-state index < -0.39 is 0 Å². The lowest BCUT2D eigenvalue weighted by Gasteiger charge is -2.41. The normalized spacial score (nSPS) is 24.4. The van der Waals surface area contributed by atoms with Crippen LogP contribution in [0.3, 0.4) is 0 Å². The molecule has 194 valence electrons. The minimum absolute atomic E-state index is 0.0921. The summed E-state index contributed by atoms with van der Waals surface area (Å²) in [4.78, 5) is 33.5. The number of aromatic nitrogens is 2. The Bertz CT molecular complexity index is 1120. The highest BCUT2D eigenvalue weighted by molar-refractivity contribution is 5.76. The van der Waals surface area contributed by atoms with Crippen molar-refractivity contribution in [3.05, 3.63) is 52.9 Å². The molecule has 2 aromatic rings. The van der Waals surface area contributed by atoms with Crippen molar-refractivity contribution < 1.29 is 14.0 Å². The van der Waals surface area contributed by atoms with E-state index in [1.54, 1.807) is 6.07 Å². The van der Waals surface area contributed by atoms with Gasteiger partial charge in [0, 0.05) is 56.7 Å². The summed E-state index contributed by atoms with van der Waals surface area (Å²) in [5, 5.41) is 3.03. The summed E-state index contributed by atoms with van der Waals surface area (Å²) in [6, 6.07) is 7.85. The number of imidazole rings is 1. The molecule has 2 saturated heterocycles. The Morgan fingerprint density at radius 3 is 2.61 bits per heavy atom. The molecule has 1 N–H and O–H groups in total. The number of amides is 2. The quantitative estimate of drug-likeness (QED) is 0.629. The number of rotatable bonds is 7. The number of hydrogen-bond acceptors (Lipinski definition) is 4. The summed E-state index contributed by atoms with van der Waals surface area (Å²) in [5.74, 6) is 0.908. The van der Waals surface area contributed by atoms with Gasteiger partial charge in [-0.2, -0.15) is 0 Å². The summed E-state index contributed by atoms with van der Waals surface area (Å²) in [6.07, 6.45) is 6.77. The van der Waals surface area contributed by atoms with Gasteiger partial charge in [0.25, 0.3) is 0 Å². The molecule has 3 aliphatic rings. The van der Waals surface area contributed by atoms with Crippen molar-refractivity contribution in [2.75, 3.05) is 13.1 Å². The number of nitrogens with zero attached hydrogens (tertiary/aromatic N) is 4. The van der Waals surface area contributed by atoms with Gasteiger partial charge >= 0.3 is 0 Å². The number of piperidine rings is 1. The topological polar surface area (TPSA) is 70.5 Å². The van der Waals surface area contributed by atoms with E-state index >= 15 is 0 Å². The third kappa shape index (κ3) is 4.92. The zero-order chi connectivity index (χ0) is 25.4. The fourth-order valence-corrected chi connectivity index (χ4v) is 6.85. The zero-order valence-corrected chi connectivity index (χ0v) is 21.7. The molecule has 4 atom stereocenters. The van der Waals surface area contributed by atoms with Crippen LogP contribution < -0.4 is 5.32 Å². The highest BCUT2D eigenvalue weighted by Crippen LogP contribution is 2.43. The van der Waals surface area contributed by atoms with Crippen LogP contribution >= 0.6 is 0 Å². The van der Waals surface area contributed by atoms with Crippen molar-refractivity contribution in [3.63, 3.8) is 0 Å². The Labute approximate surface area is 213 Å². The number of halogens is 1. The second-order valence-electron chi connectivity index (χ2n) is 10.7. The van der Waals surface area contributed by atoms with Crippen LogP contribution in [0.2, 0.25) is 0 Å². The van der Waals surface area contributed by atoms with Gasteiger partial charge in [0.05, 0.1) is 18.3 Å². The third-order valence-corrected chi connectivity index (χ3v) is 8.41. The van der Waals surface area contributed by atoms with E-state index in [0.717, 1.165) is 55.9 Å². The molecule has 0 saturated carbocycles. The van der Waals surface area contributed by atoms with Crippen LogP contribution in [-0.4, -0.2) is 56.3 Å². The Morgan fingerprint density at radius 1 is 1.19 bits per heavy atom. The average Bonchev–Trinajstić information content (AvgIpc) is 3.30. The summed E-state index contributed by atoms with van der Waals surface area (Å²) >= 11 is 0. The second-order valence-corrected chi connectivity index (χ2v) is 10.7. The first-order chi connectivity index (χ1) is 17.3. The maximum absolute atomic E-state index is 13.9. The molecule has 2 fully saturated rings. The summed E-state index contributed by atoms with van der Waals surface area (Å²) in [5.41, 5.74) is 3.22. The molecule has 0 radical (unpaired) electrons. The van der Waals surface area contributed by atoms with E-state index in [4.69, 9.17) is 4.98 Å². The third-order valence-electron chi connectivity index (χ3n) is 8.41. The molecule has 7 nitrogen and oxygen atoms in total. The number of carbonyl (C=O) groups is 2. The SMILES string of the molecule is CCC(=O)N1CCc2c(nc(C)n2C2C[C@H]3CC[C@@H](C2)N3CC[C@H](NC(C)=O)c2cccc(F)c2)C1. The van der Waals surface area contributed by atoms with E-state index in [1.165, 1.54) is 37.6 Å². The lowest BCUT2D eigenvalue weighted by molar-refractivity contribution is -0.131. The van der Waals surface area contributed by atoms with E-state index in [1.807, 2.05) is 17.9 Å². The van der Waals surface area contributed by atoms with Crippen molar-refractivity contribution in [2.24, 2.45) is 0 Å². The molecule has 1 aromatic heterocycles. The molecule has 1 aromatic carbocycles. The van der Waals surface area contributed by atoms with E-state index in [2.05, 4.69) is 21.7 Å². The Hall–Kier alpha value is -2.74. The standard InChI is InChI=1S/C28H38FN5O2/c1-4-28(36)32-12-11-27-26(17-32)30-18(2)34(27)24-15-22-8-9-23(16-24)33(22)13-10-25(31-19(3)35)20-6-5-7-21(29)14-20/h5-7,14,22-25H,4,8-13,15-17H2,1-3H3,(H,31,35)/t22-,23+,24?,25-/m0/s1. The van der Waals surface area contributed by atoms with E-state index in [-0.39, 0.29) is 23.7 Å². The number of benzene rings is 1. The van der Waals surface area contributed by atoms with Crippen LogP contribution in [0.5, 0.6) is 0 Å². The molecule has 5 rings (SSSR count). The predicted molar refractivity (Wildman–Crippen MR) is 136 cm³/mol. The molecule has 0 aliphatic carbocycles. The maximum atomic E-state index is 13.9. The molecule has 0 spiro atoms. The molecular weight excluding hydrogens is 457 g/mol. The van der Waals surface area contributed by atoms with Gasteiger partial charge in [0.1, 0.15) is 11.6 Å². The lowest BCUT2D eigenvalue weighted by Crippen LogP contribution is -2.45. The molecule has 2 bridgehead atoms. The van der Waals surface area contributed by atoms with Crippen LogP contribution in [-0.2, 0) is 22.6 Å². The van der Waals surface area contributed by atoms with Crippen LogP contribution in [0.25, 0.3) is 0 Å². The molecule has 3 aliphatic heterocycles. The smallest absolute Gasteiger partial charge is 0.222 e. The van der Waals surface area contributed by atoms with Crippen molar-refractivity contribution in [3.8, 4) is 0 Å². The van der Waals surface area contributed by atoms with Crippen molar-refractivity contribution >= 4 is 11.8 Å². The zero-order valence-electron chi connectivity index (χ0n) is 21.7. The Balaban J connectivity index is 1.27. The van der Waals surface area contributed by atoms with Gasteiger partial charge in [-0.1, -0.05) is 19.1 Å². The fourth-order valence-electron chi connectivity index (χ4n) is 6.85. The average molecular weight is 496 g/mol. The second kappa shape index (κ2) is 10.3. The van der Waals surface area contributed by atoms with Crippen molar-refractivity contribution in [1.82, 2.24) is 24.7 Å². The fraction of sp³-hybridized carbons (Fsp3) is 0.607. The lowest BCUT2D eigenvalue weighted by atomic mass is 9.94. The number of nitrogens with one attached hydrogen (secondary N) is 1. The maximum Gasteiger partial charge on any atom is 0.222 e. The molecule has 4 heterocycles. The van der Waals surface area contributed by atoms with Gasteiger partial charge in [-0.05, 0) is 56.7 Å². The van der Waals surface area contributed by atoms with Crippen LogP contribution in [0.4, 0.5) is 4.39 Å². The molecule has 36 heavy (non-hydrogen) atoms. The van der Waals surface area contributed by atoms with Crippen LogP contribution in [0, 0.1) is 12.7 Å². The van der Waals surface area contributed by atoms with Gasteiger partial charge in [0.2, 0.25) is 11.8 Å². The number of aryl methyl sites for hydroxylation is 1. The minimum atomic E-state index is -0.273. The first-order valence-corrected chi connectivity index (χ1v) is 13.5. The number of carbonyl (C=O) groups excluding carboxylic acids is 2. The number of fused-ring (bicyclic) bond motifs is 3. The Kier molecular flexibility index (Phi) is 7.15. The van der Waals surface area contributed by atoms with E-state index in [9.17, 15) is 14.0 Å². The van der Waals surface area contributed by atoms with Crippen LogP contribution in [0.1, 0.15) is 87.2 Å². The first-order valence-electron chi connectivity index (χ1n) is 13.5. The van der Waals surface area contributed by atoms with Crippen molar-refractivity contribution in [2.45, 2.75) is 96.4 Å². The monoisotopic (exact) mass is 495 g/mol. The molecular formula is C28H38FN5O2. The Morgan fingerprint density at radius 2 is 1.94 bits per heavy atom. The molecule has 1 unspecified atom stereocenters.